The number of benzene rings is 2. The Morgan fingerprint density at radius 2 is 1.78 bits per heavy atom. The SMILES string of the molecule is COc1ccc(-c2c[nH]c3c(SCC(=O)Nc4ccc(OC)c(OC)c4)ncnc23)cc1. The summed E-state index contributed by atoms with van der Waals surface area (Å²) in [5, 5.41) is 3.57. The van der Waals surface area contributed by atoms with E-state index in [-0.39, 0.29) is 11.7 Å². The molecule has 9 heteroatoms. The number of carbonyl (C=O) groups is 1. The van der Waals surface area contributed by atoms with Crippen LogP contribution in [-0.2, 0) is 4.79 Å². The van der Waals surface area contributed by atoms with Crippen LogP contribution in [0.3, 0.4) is 0 Å². The molecule has 0 aliphatic heterocycles. The van der Waals surface area contributed by atoms with Crippen molar-refractivity contribution in [3.05, 3.63) is 55.0 Å². The largest absolute Gasteiger partial charge is 0.497 e. The highest BCUT2D eigenvalue weighted by atomic mass is 32.2. The summed E-state index contributed by atoms with van der Waals surface area (Å²) < 4.78 is 15.7. The predicted molar refractivity (Wildman–Crippen MR) is 125 cm³/mol. The van der Waals surface area contributed by atoms with Gasteiger partial charge in [-0.2, -0.15) is 0 Å². The molecule has 2 N–H and O–H groups in total. The van der Waals surface area contributed by atoms with Gasteiger partial charge in [0.15, 0.2) is 11.5 Å². The van der Waals surface area contributed by atoms with Crippen LogP contribution in [0, 0.1) is 0 Å². The number of carbonyl (C=O) groups excluding carboxylic acids is 1. The predicted octanol–water partition coefficient (Wildman–Crippen LogP) is 4.38. The molecule has 8 nitrogen and oxygen atoms in total. The van der Waals surface area contributed by atoms with Crippen LogP contribution >= 0.6 is 11.8 Å². The molecule has 32 heavy (non-hydrogen) atoms. The number of fused-ring (bicyclic) bond motifs is 1. The third-order valence-electron chi connectivity index (χ3n) is 4.84. The van der Waals surface area contributed by atoms with Gasteiger partial charge >= 0.3 is 0 Å². The van der Waals surface area contributed by atoms with Gasteiger partial charge in [-0.1, -0.05) is 23.9 Å². The molecule has 4 rings (SSSR count). The van der Waals surface area contributed by atoms with E-state index in [2.05, 4.69) is 20.3 Å². The van der Waals surface area contributed by atoms with Gasteiger partial charge in [0.2, 0.25) is 5.91 Å². The Morgan fingerprint density at radius 3 is 2.50 bits per heavy atom. The number of anilines is 1. The third-order valence-corrected chi connectivity index (χ3v) is 5.83. The number of aromatic nitrogens is 3. The minimum absolute atomic E-state index is 0.157. The lowest BCUT2D eigenvalue weighted by Gasteiger charge is -2.10. The normalized spacial score (nSPS) is 10.7. The van der Waals surface area contributed by atoms with E-state index >= 15 is 0 Å². The molecule has 0 fully saturated rings. The number of methoxy groups -OCH3 is 3. The van der Waals surface area contributed by atoms with Gasteiger partial charge < -0.3 is 24.5 Å². The van der Waals surface area contributed by atoms with Gasteiger partial charge in [-0.15, -0.1) is 0 Å². The molecule has 2 aromatic carbocycles. The summed E-state index contributed by atoms with van der Waals surface area (Å²) in [6.45, 7) is 0. The molecule has 2 aromatic heterocycles. The number of hydrogen-bond donors (Lipinski definition) is 2. The van der Waals surface area contributed by atoms with Crippen molar-refractivity contribution in [3.8, 4) is 28.4 Å². The van der Waals surface area contributed by atoms with Crippen LogP contribution in [0.5, 0.6) is 17.2 Å². The highest BCUT2D eigenvalue weighted by molar-refractivity contribution is 8.00. The zero-order chi connectivity index (χ0) is 22.5. The average molecular weight is 451 g/mol. The van der Waals surface area contributed by atoms with Crippen LogP contribution in [0.4, 0.5) is 5.69 Å². The topological polar surface area (TPSA) is 98.4 Å². The molecule has 0 spiro atoms. The van der Waals surface area contributed by atoms with Crippen molar-refractivity contribution >= 4 is 34.4 Å². The summed E-state index contributed by atoms with van der Waals surface area (Å²) in [7, 11) is 4.75. The van der Waals surface area contributed by atoms with Gasteiger partial charge in [0.05, 0.1) is 32.6 Å². The molecule has 0 saturated carbocycles. The van der Waals surface area contributed by atoms with Crippen molar-refractivity contribution in [3.63, 3.8) is 0 Å². The Morgan fingerprint density at radius 1 is 1.00 bits per heavy atom. The Kier molecular flexibility index (Phi) is 6.46. The number of rotatable bonds is 8. The van der Waals surface area contributed by atoms with E-state index in [0.717, 1.165) is 27.9 Å². The Hall–Kier alpha value is -3.72. The summed E-state index contributed by atoms with van der Waals surface area (Å²) in [6, 6.07) is 13.0. The van der Waals surface area contributed by atoms with E-state index in [1.165, 1.54) is 18.1 Å². The maximum Gasteiger partial charge on any atom is 0.234 e. The van der Waals surface area contributed by atoms with Crippen molar-refractivity contribution in [2.24, 2.45) is 0 Å². The standard InChI is InChI=1S/C23H22N4O4S/c1-29-16-7-4-14(5-8-16)17-11-24-22-21(17)25-13-26-23(22)32-12-20(28)27-15-6-9-18(30-2)19(10-15)31-3/h4-11,13,24H,12H2,1-3H3,(H,27,28). The highest BCUT2D eigenvalue weighted by Crippen LogP contribution is 2.33. The van der Waals surface area contributed by atoms with E-state index in [1.54, 1.807) is 39.5 Å². The fraction of sp³-hybridized carbons (Fsp3) is 0.174. The highest BCUT2D eigenvalue weighted by Gasteiger charge is 2.14. The van der Waals surface area contributed by atoms with Crippen molar-refractivity contribution < 1.29 is 19.0 Å². The van der Waals surface area contributed by atoms with Crippen LogP contribution in [0.25, 0.3) is 22.2 Å². The van der Waals surface area contributed by atoms with E-state index in [9.17, 15) is 4.79 Å². The second-order valence-corrected chi connectivity index (χ2v) is 7.70. The molecule has 0 aliphatic rings. The first-order chi connectivity index (χ1) is 15.6. The molecular formula is C23H22N4O4S. The molecule has 0 bridgehead atoms. The van der Waals surface area contributed by atoms with Crippen molar-refractivity contribution in [2.45, 2.75) is 5.03 Å². The van der Waals surface area contributed by atoms with Crippen LogP contribution < -0.4 is 19.5 Å². The van der Waals surface area contributed by atoms with Crippen LogP contribution in [0.1, 0.15) is 0 Å². The monoisotopic (exact) mass is 450 g/mol. The van der Waals surface area contributed by atoms with E-state index in [0.29, 0.717) is 22.2 Å². The third kappa shape index (κ3) is 4.47. The zero-order valence-electron chi connectivity index (χ0n) is 17.8. The van der Waals surface area contributed by atoms with Gasteiger partial charge in [-0.3, -0.25) is 4.79 Å². The lowest BCUT2D eigenvalue weighted by Crippen LogP contribution is -2.14. The number of H-pyrrole nitrogens is 1. The van der Waals surface area contributed by atoms with Gasteiger partial charge in [0.1, 0.15) is 22.6 Å². The molecule has 1 amide bonds. The number of aromatic amines is 1. The van der Waals surface area contributed by atoms with Crippen molar-refractivity contribution in [1.82, 2.24) is 15.0 Å². The number of hydrogen-bond acceptors (Lipinski definition) is 7. The summed E-state index contributed by atoms with van der Waals surface area (Å²) in [4.78, 5) is 24.5. The van der Waals surface area contributed by atoms with Gasteiger partial charge in [-0.05, 0) is 29.8 Å². The second kappa shape index (κ2) is 9.61. The molecular weight excluding hydrogens is 428 g/mol. The fourth-order valence-electron chi connectivity index (χ4n) is 3.26. The van der Waals surface area contributed by atoms with Gasteiger partial charge in [-0.25, -0.2) is 9.97 Å². The number of nitrogens with zero attached hydrogens (tertiary/aromatic N) is 2. The van der Waals surface area contributed by atoms with Gasteiger partial charge in [0, 0.05) is 23.5 Å². The first-order valence-corrected chi connectivity index (χ1v) is 10.7. The molecule has 4 aromatic rings. The Labute approximate surface area is 189 Å². The molecule has 0 radical (unpaired) electrons. The van der Waals surface area contributed by atoms with Gasteiger partial charge in [0.25, 0.3) is 0 Å². The summed E-state index contributed by atoms with van der Waals surface area (Å²) >= 11 is 1.34. The fourth-order valence-corrected chi connectivity index (χ4v) is 4.02. The molecule has 0 saturated heterocycles. The Bertz CT molecular complexity index is 1240. The first kappa shape index (κ1) is 21.5. The molecule has 0 unspecified atom stereocenters. The van der Waals surface area contributed by atoms with Crippen LogP contribution in [0.2, 0.25) is 0 Å². The molecule has 164 valence electrons. The second-order valence-electron chi connectivity index (χ2n) is 6.74. The van der Waals surface area contributed by atoms with E-state index in [4.69, 9.17) is 14.2 Å². The molecule has 0 aliphatic carbocycles. The lowest BCUT2D eigenvalue weighted by molar-refractivity contribution is -0.113. The number of nitrogens with one attached hydrogen (secondary N) is 2. The van der Waals surface area contributed by atoms with Crippen LogP contribution in [-0.4, -0.2) is 47.9 Å². The smallest absolute Gasteiger partial charge is 0.234 e. The van der Waals surface area contributed by atoms with Crippen molar-refractivity contribution in [2.75, 3.05) is 32.4 Å². The van der Waals surface area contributed by atoms with E-state index < -0.39 is 0 Å². The van der Waals surface area contributed by atoms with E-state index in [1.807, 2.05) is 30.5 Å². The first-order valence-electron chi connectivity index (χ1n) is 9.74. The molecule has 0 atom stereocenters. The lowest BCUT2D eigenvalue weighted by atomic mass is 10.1. The maximum absolute atomic E-state index is 12.5. The number of thioether (sulfide) groups is 1. The summed E-state index contributed by atoms with van der Waals surface area (Å²) in [5.41, 5.74) is 4.19. The molecule has 2 heterocycles. The summed E-state index contributed by atoms with van der Waals surface area (Å²) in [5.74, 6) is 1.98. The van der Waals surface area contributed by atoms with Crippen LogP contribution in [0.15, 0.2) is 60.0 Å². The quantitative estimate of drug-likeness (QED) is 0.304. The maximum atomic E-state index is 12.5. The summed E-state index contributed by atoms with van der Waals surface area (Å²) in [6.07, 6.45) is 3.41. The van der Waals surface area contributed by atoms with Crippen molar-refractivity contribution in [1.29, 1.82) is 0 Å². The average Bonchev–Trinajstić information content (AvgIpc) is 3.27. The minimum Gasteiger partial charge on any atom is -0.497 e. The minimum atomic E-state index is -0.157. The number of amides is 1. The Balaban J connectivity index is 1.47. The number of ether oxygens (including phenoxy) is 3. The zero-order valence-corrected chi connectivity index (χ0v) is 18.7.